The molecule has 0 saturated carbocycles. The van der Waals surface area contributed by atoms with Gasteiger partial charge in [-0.3, -0.25) is 0 Å². The molecule has 2 aliphatic heterocycles. The Kier molecular flexibility index (Phi) is 2.94. The summed E-state index contributed by atoms with van der Waals surface area (Å²) in [5.41, 5.74) is 1.16. The molecule has 0 spiro atoms. The van der Waals surface area contributed by atoms with Crippen LogP contribution in [0.5, 0.6) is 0 Å². The van der Waals surface area contributed by atoms with Crippen molar-refractivity contribution in [3.05, 3.63) is 36.7 Å². The van der Waals surface area contributed by atoms with Gasteiger partial charge in [-0.25, -0.2) is 19.9 Å². The minimum atomic E-state index is 0.689. The highest BCUT2D eigenvalue weighted by atomic mass is 15.3. The van der Waals surface area contributed by atoms with Crippen LogP contribution in [0.3, 0.4) is 0 Å². The van der Waals surface area contributed by atoms with Gasteiger partial charge in [0.15, 0.2) is 0 Å². The lowest BCUT2D eigenvalue weighted by molar-refractivity contribution is 0.533. The summed E-state index contributed by atoms with van der Waals surface area (Å²) in [5.74, 6) is 3.51. The molecule has 4 heterocycles. The van der Waals surface area contributed by atoms with Gasteiger partial charge in [0.1, 0.15) is 24.3 Å². The van der Waals surface area contributed by atoms with Crippen molar-refractivity contribution >= 4 is 11.6 Å². The molecular weight excluding hydrogens is 264 g/mol. The van der Waals surface area contributed by atoms with Crippen molar-refractivity contribution in [2.45, 2.75) is 6.92 Å². The van der Waals surface area contributed by atoms with Gasteiger partial charge in [0, 0.05) is 56.0 Å². The second kappa shape index (κ2) is 4.95. The van der Waals surface area contributed by atoms with E-state index in [9.17, 15) is 0 Å². The minimum absolute atomic E-state index is 0.689. The van der Waals surface area contributed by atoms with E-state index in [-0.39, 0.29) is 0 Å². The van der Waals surface area contributed by atoms with E-state index in [0.717, 1.165) is 43.4 Å². The highest BCUT2D eigenvalue weighted by Gasteiger charge is 2.41. The van der Waals surface area contributed by atoms with Gasteiger partial charge in [-0.2, -0.15) is 0 Å². The molecule has 0 N–H and O–H groups in total. The van der Waals surface area contributed by atoms with Crippen LogP contribution in [-0.2, 0) is 0 Å². The van der Waals surface area contributed by atoms with Crippen molar-refractivity contribution < 1.29 is 0 Å². The fourth-order valence-electron chi connectivity index (χ4n) is 3.55. The predicted octanol–water partition coefficient (Wildman–Crippen LogP) is 1.15. The number of aryl methyl sites for hydroxylation is 1. The summed E-state index contributed by atoms with van der Waals surface area (Å²) in [6.45, 7) is 6.37. The van der Waals surface area contributed by atoms with Crippen LogP contribution in [0.25, 0.3) is 0 Å². The van der Waals surface area contributed by atoms with Crippen molar-refractivity contribution in [2.24, 2.45) is 11.8 Å². The molecule has 2 unspecified atom stereocenters. The molecule has 2 aromatic heterocycles. The Morgan fingerprint density at radius 1 is 0.952 bits per heavy atom. The maximum atomic E-state index is 4.45. The molecule has 21 heavy (non-hydrogen) atoms. The van der Waals surface area contributed by atoms with Gasteiger partial charge in [-0.15, -0.1) is 0 Å². The summed E-state index contributed by atoms with van der Waals surface area (Å²) in [6, 6.07) is 1.99. The van der Waals surface area contributed by atoms with Crippen molar-refractivity contribution in [3.63, 3.8) is 0 Å². The normalized spacial score (nSPS) is 24.4. The Labute approximate surface area is 123 Å². The highest BCUT2D eigenvalue weighted by molar-refractivity contribution is 5.47. The lowest BCUT2D eigenvalue weighted by atomic mass is 10.0. The Morgan fingerprint density at radius 3 is 2.33 bits per heavy atom. The topological polar surface area (TPSA) is 58.0 Å². The first kappa shape index (κ1) is 12.5. The van der Waals surface area contributed by atoms with Crippen molar-refractivity contribution in [2.75, 3.05) is 36.0 Å². The number of anilines is 2. The zero-order valence-corrected chi connectivity index (χ0v) is 12.1. The molecule has 2 aromatic rings. The first-order chi connectivity index (χ1) is 10.3. The Balaban J connectivity index is 1.48. The average Bonchev–Trinajstić information content (AvgIpc) is 3.07. The van der Waals surface area contributed by atoms with E-state index >= 15 is 0 Å². The summed E-state index contributed by atoms with van der Waals surface area (Å²) >= 11 is 0. The van der Waals surface area contributed by atoms with Gasteiger partial charge in [0.25, 0.3) is 0 Å². The number of fused-ring (bicyclic) bond motifs is 1. The van der Waals surface area contributed by atoms with Crippen LogP contribution >= 0.6 is 0 Å². The number of hydrogen-bond acceptors (Lipinski definition) is 6. The first-order valence-corrected chi connectivity index (χ1v) is 7.34. The van der Waals surface area contributed by atoms with E-state index in [2.05, 4.69) is 36.7 Å². The predicted molar refractivity (Wildman–Crippen MR) is 80.2 cm³/mol. The molecule has 0 radical (unpaired) electrons. The Morgan fingerprint density at radius 2 is 1.67 bits per heavy atom. The van der Waals surface area contributed by atoms with Crippen LogP contribution in [0.2, 0.25) is 0 Å². The zero-order chi connectivity index (χ0) is 14.2. The van der Waals surface area contributed by atoms with E-state index in [1.165, 1.54) is 0 Å². The molecular formula is C15H18N6. The maximum absolute atomic E-state index is 4.45. The van der Waals surface area contributed by atoms with Gasteiger partial charge in [-0.05, 0) is 13.0 Å². The van der Waals surface area contributed by atoms with Crippen LogP contribution in [-0.4, -0.2) is 46.1 Å². The van der Waals surface area contributed by atoms with Crippen LogP contribution < -0.4 is 9.80 Å². The van der Waals surface area contributed by atoms with Crippen LogP contribution in [0.1, 0.15) is 5.56 Å². The van der Waals surface area contributed by atoms with Crippen LogP contribution in [0.4, 0.5) is 11.6 Å². The second-order valence-corrected chi connectivity index (χ2v) is 5.93. The quantitative estimate of drug-likeness (QED) is 0.823. The summed E-state index contributed by atoms with van der Waals surface area (Å²) in [5, 5.41) is 0. The summed E-state index contributed by atoms with van der Waals surface area (Å²) < 4.78 is 0. The van der Waals surface area contributed by atoms with Crippen molar-refractivity contribution in [1.29, 1.82) is 0 Å². The average molecular weight is 282 g/mol. The Bertz CT molecular complexity index is 617. The molecule has 2 saturated heterocycles. The third kappa shape index (κ3) is 2.20. The van der Waals surface area contributed by atoms with Gasteiger partial charge in [0.05, 0.1) is 0 Å². The lowest BCUT2D eigenvalue weighted by Crippen LogP contribution is -2.30. The smallest absolute Gasteiger partial charge is 0.134 e. The monoisotopic (exact) mass is 282 g/mol. The number of aromatic nitrogens is 4. The molecule has 0 bridgehead atoms. The third-order valence-electron chi connectivity index (χ3n) is 4.54. The summed E-state index contributed by atoms with van der Waals surface area (Å²) in [6.07, 6.45) is 6.97. The van der Waals surface area contributed by atoms with Crippen molar-refractivity contribution in [3.8, 4) is 0 Å². The van der Waals surface area contributed by atoms with E-state index in [1.54, 1.807) is 12.7 Å². The number of hydrogen-bond donors (Lipinski definition) is 0. The summed E-state index contributed by atoms with van der Waals surface area (Å²) in [4.78, 5) is 21.7. The van der Waals surface area contributed by atoms with Gasteiger partial charge in [0.2, 0.25) is 0 Å². The standard InChI is InChI=1S/C15H18N6/c1-11-4-17-10-19-15(11)21-7-12-5-20(6-13(12)8-21)14-2-3-16-9-18-14/h2-4,9-10,12-13H,5-8H2,1H3. The zero-order valence-electron chi connectivity index (χ0n) is 12.1. The fraction of sp³-hybridized carbons (Fsp3) is 0.467. The molecule has 0 aliphatic carbocycles. The van der Waals surface area contributed by atoms with Crippen LogP contribution in [0.15, 0.2) is 31.1 Å². The lowest BCUT2D eigenvalue weighted by Gasteiger charge is -2.23. The van der Waals surface area contributed by atoms with Gasteiger partial charge in [-0.1, -0.05) is 0 Å². The molecule has 2 aliphatic rings. The van der Waals surface area contributed by atoms with E-state index in [0.29, 0.717) is 11.8 Å². The molecule has 0 aromatic carbocycles. The van der Waals surface area contributed by atoms with E-state index in [4.69, 9.17) is 0 Å². The maximum Gasteiger partial charge on any atom is 0.134 e. The minimum Gasteiger partial charge on any atom is -0.356 e. The highest BCUT2D eigenvalue weighted by Crippen LogP contribution is 2.35. The number of rotatable bonds is 2. The Hall–Kier alpha value is -2.24. The molecule has 2 fully saturated rings. The second-order valence-electron chi connectivity index (χ2n) is 5.93. The fourth-order valence-corrected chi connectivity index (χ4v) is 3.55. The van der Waals surface area contributed by atoms with Gasteiger partial charge < -0.3 is 9.80 Å². The largest absolute Gasteiger partial charge is 0.356 e. The summed E-state index contributed by atoms with van der Waals surface area (Å²) in [7, 11) is 0. The molecule has 0 amide bonds. The molecule has 6 nitrogen and oxygen atoms in total. The molecule has 2 atom stereocenters. The third-order valence-corrected chi connectivity index (χ3v) is 4.54. The molecule has 108 valence electrons. The van der Waals surface area contributed by atoms with Crippen LogP contribution in [0, 0.1) is 18.8 Å². The number of nitrogens with zero attached hydrogens (tertiary/aromatic N) is 6. The van der Waals surface area contributed by atoms with Gasteiger partial charge >= 0.3 is 0 Å². The molecule has 6 heteroatoms. The SMILES string of the molecule is Cc1cncnc1N1CC2CN(c3ccncn3)CC2C1. The van der Waals surface area contributed by atoms with E-state index in [1.807, 2.05) is 18.5 Å². The van der Waals surface area contributed by atoms with E-state index < -0.39 is 0 Å². The molecule has 4 rings (SSSR count). The van der Waals surface area contributed by atoms with Crippen molar-refractivity contribution in [1.82, 2.24) is 19.9 Å². The first-order valence-electron chi connectivity index (χ1n) is 7.34.